The fourth-order valence-electron chi connectivity index (χ4n) is 5.29. The molecule has 0 saturated heterocycles. The molecule has 0 saturated carbocycles. The first-order valence-corrected chi connectivity index (χ1v) is 12.3. The molecule has 4 heteroatoms. The van der Waals surface area contributed by atoms with Gasteiger partial charge in [0, 0.05) is 23.2 Å². The van der Waals surface area contributed by atoms with E-state index in [2.05, 4.69) is 52.1 Å². The number of carbonyl (C=O) groups excluding carboxylic acids is 1. The third kappa shape index (κ3) is 3.30. The van der Waals surface area contributed by atoms with Crippen LogP contribution in [0.25, 0.3) is 5.00 Å². The average Bonchev–Trinajstić information content (AvgIpc) is 3.42. The summed E-state index contributed by atoms with van der Waals surface area (Å²) >= 11 is 1.94. The number of hydrogen-bond donors (Lipinski definition) is 0. The first-order valence-electron chi connectivity index (χ1n) is 11.5. The van der Waals surface area contributed by atoms with Gasteiger partial charge in [0.15, 0.2) is 0 Å². The van der Waals surface area contributed by atoms with Gasteiger partial charge in [-0.05, 0) is 54.5 Å². The van der Waals surface area contributed by atoms with E-state index in [1.807, 2.05) is 47.7 Å². The number of rotatable bonds is 3. The Bertz CT molecular complexity index is 1260. The predicted molar refractivity (Wildman–Crippen MR) is 129 cm³/mol. The normalized spacial score (nSPS) is 17.2. The second kappa shape index (κ2) is 8.10. The zero-order valence-electron chi connectivity index (χ0n) is 18.0. The second-order valence-corrected chi connectivity index (χ2v) is 9.88. The summed E-state index contributed by atoms with van der Waals surface area (Å²) in [6, 6.07) is 24.8. The molecule has 0 bridgehead atoms. The SMILES string of the molecule is O=C(Cc1ccccc1)N1Cc2c(sc3c2CCCC3)-n2cccc2C1c1ccccc1. The van der Waals surface area contributed by atoms with E-state index in [0.717, 1.165) is 17.5 Å². The first kappa shape index (κ1) is 19.6. The summed E-state index contributed by atoms with van der Waals surface area (Å²) in [7, 11) is 0. The lowest BCUT2D eigenvalue weighted by atomic mass is 9.94. The number of hydrogen-bond acceptors (Lipinski definition) is 2. The van der Waals surface area contributed by atoms with Crippen molar-refractivity contribution in [2.24, 2.45) is 0 Å². The van der Waals surface area contributed by atoms with Gasteiger partial charge in [-0.15, -0.1) is 11.3 Å². The van der Waals surface area contributed by atoms with E-state index < -0.39 is 0 Å². The molecular weight excluding hydrogens is 412 g/mol. The van der Waals surface area contributed by atoms with E-state index in [-0.39, 0.29) is 11.9 Å². The van der Waals surface area contributed by atoms with Crippen molar-refractivity contribution in [3.05, 3.63) is 112 Å². The zero-order valence-corrected chi connectivity index (χ0v) is 18.9. The average molecular weight is 439 g/mol. The molecule has 1 amide bonds. The largest absolute Gasteiger partial charge is 0.325 e. The highest BCUT2D eigenvalue weighted by molar-refractivity contribution is 7.15. The molecule has 3 heterocycles. The van der Waals surface area contributed by atoms with Crippen molar-refractivity contribution >= 4 is 17.2 Å². The van der Waals surface area contributed by atoms with Crippen LogP contribution in [0.1, 0.15) is 51.7 Å². The summed E-state index contributed by atoms with van der Waals surface area (Å²) in [6.07, 6.45) is 7.42. The Morgan fingerprint density at radius 2 is 1.62 bits per heavy atom. The maximum Gasteiger partial charge on any atom is 0.228 e. The van der Waals surface area contributed by atoms with Gasteiger partial charge in [0.2, 0.25) is 5.91 Å². The van der Waals surface area contributed by atoms with Gasteiger partial charge in [0.05, 0.1) is 18.2 Å². The third-order valence-electron chi connectivity index (χ3n) is 6.81. The quantitative estimate of drug-likeness (QED) is 0.380. The van der Waals surface area contributed by atoms with Crippen LogP contribution in [0, 0.1) is 0 Å². The second-order valence-electron chi connectivity index (χ2n) is 8.79. The summed E-state index contributed by atoms with van der Waals surface area (Å²) in [5.41, 5.74) is 6.27. The maximum atomic E-state index is 13.9. The number of fused-ring (bicyclic) bond motifs is 5. The minimum absolute atomic E-state index is 0.0961. The Balaban J connectivity index is 1.51. The van der Waals surface area contributed by atoms with Gasteiger partial charge in [-0.2, -0.15) is 0 Å². The molecular formula is C28H26N2OS. The van der Waals surface area contributed by atoms with Gasteiger partial charge < -0.3 is 9.47 Å². The van der Waals surface area contributed by atoms with Crippen molar-refractivity contribution in [3.8, 4) is 5.00 Å². The minimum atomic E-state index is -0.0961. The number of thiophene rings is 1. The van der Waals surface area contributed by atoms with Gasteiger partial charge in [-0.3, -0.25) is 4.79 Å². The van der Waals surface area contributed by atoms with Crippen molar-refractivity contribution in [3.63, 3.8) is 0 Å². The van der Waals surface area contributed by atoms with Crippen molar-refractivity contribution in [2.45, 2.75) is 44.7 Å². The van der Waals surface area contributed by atoms with Gasteiger partial charge in [-0.1, -0.05) is 60.7 Å². The fourth-order valence-corrected chi connectivity index (χ4v) is 6.69. The molecule has 1 atom stereocenters. The molecule has 1 aliphatic carbocycles. The highest BCUT2D eigenvalue weighted by Gasteiger charge is 2.35. The molecule has 160 valence electrons. The van der Waals surface area contributed by atoms with E-state index in [1.165, 1.54) is 46.0 Å². The van der Waals surface area contributed by atoms with Crippen LogP contribution in [0.5, 0.6) is 0 Å². The van der Waals surface area contributed by atoms with Crippen LogP contribution in [0.15, 0.2) is 79.0 Å². The number of nitrogens with zero attached hydrogens (tertiary/aromatic N) is 2. The zero-order chi connectivity index (χ0) is 21.5. The predicted octanol–water partition coefficient (Wildman–Crippen LogP) is 6.09. The lowest BCUT2D eigenvalue weighted by molar-refractivity contribution is -0.132. The van der Waals surface area contributed by atoms with Crippen LogP contribution in [0.2, 0.25) is 0 Å². The third-order valence-corrected chi connectivity index (χ3v) is 8.15. The monoisotopic (exact) mass is 438 g/mol. The van der Waals surface area contributed by atoms with Gasteiger partial charge in [0.1, 0.15) is 5.00 Å². The molecule has 3 nitrogen and oxygen atoms in total. The van der Waals surface area contributed by atoms with Crippen molar-refractivity contribution < 1.29 is 4.79 Å². The van der Waals surface area contributed by atoms with E-state index in [9.17, 15) is 4.79 Å². The van der Waals surface area contributed by atoms with Crippen LogP contribution in [-0.4, -0.2) is 15.4 Å². The van der Waals surface area contributed by atoms with E-state index in [1.54, 1.807) is 0 Å². The van der Waals surface area contributed by atoms with Gasteiger partial charge in [0.25, 0.3) is 0 Å². The van der Waals surface area contributed by atoms with Crippen LogP contribution in [0.4, 0.5) is 0 Å². The number of aromatic nitrogens is 1. The number of benzene rings is 2. The van der Waals surface area contributed by atoms with Crippen LogP contribution < -0.4 is 0 Å². The highest BCUT2D eigenvalue weighted by Crippen LogP contribution is 2.44. The topological polar surface area (TPSA) is 25.2 Å². The summed E-state index contributed by atoms with van der Waals surface area (Å²) in [5.74, 6) is 0.182. The summed E-state index contributed by atoms with van der Waals surface area (Å²) < 4.78 is 2.35. The summed E-state index contributed by atoms with van der Waals surface area (Å²) in [4.78, 5) is 17.5. The Hall–Kier alpha value is -3.11. The minimum Gasteiger partial charge on any atom is -0.325 e. The molecule has 6 rings (SSSR count). The van der Waals surface area contributed by atoms with Crippen LogP contribution in [0.3, 0.4) is 0 Å². The lowest BCUT2D eigenvalue weighted by Crippen LogP contribution is -2.36. The molecule has 2 aromatic carbocycles. The smallest absolute Gasteiger partial charge is 0.228 e. The molecule has 2 aromatic heterocycles. The molecule has 0 N–H and O–H groups in total. The Morgan fingerprint density at radius 1 is 0.875 bits per heavy atom. The molecule has 0 fully saturated rings. The van der Waals surface area contributed by atoms with Gasteiger partial charge in [-0.25, -0.2) is 0 Å². The molecule has 2 aliphatic rings. The van der Waals surface area contributed by atoms with Crippen LogP contribution in [-0.2, 0) is 30.6 Å². The molecule has 1 aliphatic heterocycles. The van der Waals surface area contributed by atoms with E-state index in [0.29, 0.717) is 13.0 Å². The summed E-state index contributed by atoms with van der Waals surface area (Å²) in [6.45, 7) is 0.675. The van der Waals surface area contributed by atoms with Crippen molar-refractivity contribution in [1.82, 2.24) is 9.47 Å². The lowest BCUT2D eigenvalue weighted by Gasteiger charge is -2.31. The summed E-state index contributed by atoms with van der Waals surface area (Å²) in [5, 5.41) is 1.31. The maximum absolute atomic E-state index is 13.9. The first-order chi connectivity index (χ1) is 15.8. The van der Waals surface area contributed by atoms with Crippen molar-refractivity contribution in [2.75, 3.05) is 0 Å². The van der Waals surface area contributed by atoms with E-state index >= 15 is 0 Å². The Morgan fingerprint density at radius 3 is 2.44 bits per heavy atom. The Labute approximate surface area is 192 Å². The molecule has 1 unspecified atom stereocenters. The molecule has 0 spiro atoms. The number of carbonyl (C=O) groups is 1. The number of aryl methyl sites for hydroxylation is 1. The Kier molecular flexibility index (Phi) is 4.95. The molecule has 32 heavy (non-hydrogen) atoms. The van der Waals surface area contributed by atoms with Crippen molar-refractivity contribution in [1.29, 1.82) is 0 Å². The fraction of sp³-hybridized carbons (Fsp3) is 0.250. The van der Waals surface area contributed by atoms with E-state index in [4.69, 9.17) is 0 Å². The standard InChI is InChI=1S/C28H26N2OS/c31-26(18-20-10-3-1-4-11-20)30-19-23-22-14-7-8-16-25(22)32-28(23)29-17-9-15-24(29)27(30)21-12-5-2-6-13-21/h1-6,9-13,15,17,27H,7-8,14,16,18-19H2. The molecule has 4 aromatic rings. The van der Waals surface area contributed by atoms with Gasteiger partial charge >= 0.3 is 0 Å². The number of amides is 1. The highest BCUT2D eigenvalue weighted by atomic mass is 32.1. The van der Waals surface area contributed by atoms with Crippen LogP contribution >= 0.6 is 11.3 Å². The molecule has 0 radical (unpaired) electrons.